The summed E-state index contributed by atoms with van der Waals surface area (Å²) >= 11 is 5.95. The van der Waals surface area contributed by atoms with Gasteiger partial charge >= 0.3 is 0 Å². The van der Waals surface area contributed by atoms with E-state index >= 15 is 0 Å². The first-order valence-corrected chi connectivity index (χ1v) is 10.5. The van der Waals surface area contributed by atoms with Gasteiger partial charge < -0.3 is 20.1 Å². The minimum atomic E-state index is -0.820. The molecule has 2 atom stereocenters. The number of piperidine rings is 1. The normalized spacial score (nSPS) is 25.6. The Bertz CT molecular complexity index is 827. The first-order chi connectivity index (χ1) is 14.1. The van der Waals surface area contributed by atoms with Gasteiger partial charge in [0.1, 0.15) is 5.82 Å². The number of rotatable bonds is 4. The van der Waals surface area contributed by atoms with Crippen LogP contribution in [0.25, 0.3) is 0 Å². The van der Waals surface area contributed by atoms with E-state index in [2.05, 4.69) is 10.3 Å². The van der Waals surface area contributed by atoms with E-state index < -0.39 is 11.6 Å². The first kappa shape index (κ1) is 20.1. The molecule has 2 saturated heterocycles. The van der Waals surface area contributed by atoms with Crippen molar-refractivity contribution in [1.29, 1.82) is 0 Å². The number of pyridine rings is 1. The van der Waals surface area contributed by atoms with Crippen molar-refractivity contribution in [3.63, 3.8) is 0 Å². The Morgan fingerprint density at radius 1 is 1.21 bits per heavy atom. The Labute approximate surface area is 175 Å². The molecule has 29 heavy (non-hydrogen) atoms. The van der Waals surface area contributed by atoms with E-state index in [-0.39, 0.29) is 11.8 Å². The van der Waals surface area contributed by atoms with Gasteiger partial charge in [-0.2, -0.15) is 0 Å². The van der Waals surface area contributed by atoms with Crippen LogP contribution in [0, 0.1) is 5.92 Å². The lowest BCUT2D eigenvalue weighted by molar-refractivity contribution is -0.132. The first-order valence-electron chi connectivity index (χ1n) is 10.1. The van der Waals surface area contributed by atoms with Gasteiger partial charge in [0.2, 0.25) is 5.91 Å². The molecule has 2 aliphatic heterocycles. The monoisotopic (exact) mass is 415 g/mol. The molecule has 6 nitrogen and oxygen atoms in total. The lowest BCUT2D eigenvalue weighted by atomic mass is 9.78. The summed E-state index contributed by atoms with van der Waals surface area (Å²) in [5.74, 6) is 0.688. The number of nitrogens with one attached hydrogen (secondary N) is 1. The van der Waals surface area contributed by atoms with E-state index in [0.717, 1.165) is 11.4 Å². The lowest BCUT2D eigenvalue weighted by Crippen LogP contribution is -2.63. The minimum Gasteiger partial charge on any atom is -0.388 e. The maximum Gasteiger partial charge on any atom is 0.224 e. The molecular weight excluding hydrogens is 390 g/mol. The molecule has 0 radical (unpaired) electrons. The molecule has 2 aromatic rings. The van der Waals surface area contributed by atoms with Gasteiger partial charge in [-0.3, -0.25) is 4.79 Å². The highest BCUT2D eigenvalue weighted by Gasteiger charge is 2.46. The number of carbonyl (C=O) groups excluding carboxylic acids is 1. The number of benzene rings is 1. The standard InChI is InChI=1S/C22H26ClN3O3/c23-18-6-7-20(24-14-18)26-11-10-22(19(27)15-26,17-4-2-1-3-5-17)25-21(28)16-8-12-29-13-9-16/h1-7,14,16,19,27H,8-13,15H2,(H,25,28)/t19-,22-/m1/s1. The predicted octanol–water partition coefficient (Wildman–Crippen LogP) is 2.74. The van der Waals surface area contributed by atoms with Crippen molar-refractivity contribution in [3.8, 4) is 0 Å². The summed E-state index contributed by atoms with van der Waals surface area (Å²) in [4.78, 5) is 19.5. The van der Waals surface area contributed by atoms with Gasteiger partial charge in [-0.15, -0.1) is 0 Å². The highest BCUT2D eigenvalue weighted by molar-refractivity contribution is 6.30. The number of ether oxygens (including phenoxy) is 1. The summed E-state index contributed by atoms with van der Waals surface area (Å²) < 4.78 is 5.39. The Morgan fingerprint density at radius 2 is 1.97 bits per heavy atom. The molecule has 0 saturated carbocycles. The van der Waals surface area contributed by atoms with Crippen molar-refractivity contribution < 1.29 is 14.6 Å². The van der Waals surface area contributed by atoms with Gasteiger partial charge in [0.05, 0.1) is 16.7 Å². The van der Waals surface area contributed by atoms with Crippen LogP contribution in [0.5, 0.6) is 0 Å². The number of aliphatic hydroxyl groups is 1. The van der Waals surface area contributed by atoms with E-state index in [4.69, 9.17) is 16.3 Å². The molecule has 0 spiro atoms. The van der Waals surface area contributed by atoms with Crippen LogP contribution in [0.3, 0.4) is 0 Å². The molecule has 1 aromatic heterocycles. The Kier molecular flexibility index (Phi) is 6.04. The zero-order valence-electron chi connectivity index (χ0n) is 16.3. The number of aromatic nitrogens is 1. The number of anilines is 1. The van der Waals surface area contributed by atoms with Crippen LogP contribution in [0.4, 0.5) is 5.82 Å². The SMILES string of the molecule is O=C(N[C@@]1(c2ccccc2)CCN(c2ccc(Cl)cn2)C[C@H]1O)C1CCOCC1. The van der Waals surface area contributed by atoms with Crippen LogP contribution in [0.1, 0.15) is 24.8 Å². The van der Waals surface area contributed by atoms with Crippen LogP contribution >= 0.6 is 11.6 Å². The molecule has 4 rings (SSSR count). The van der Waals surface area contributed by atoms with Crippen LogP contribution in [-0.4, -0.2) is 48.4 Å². The van der Waals surface area contributed by atoms with Crippen LogP contribution in [0.2, 0.25) is 5.02 Å². The van der Waals surface area contributed by atoms with E-state index in [9.17, 15) is 9.90 Å². The number of hydrogen-bond donors (Lipinski definition) is 2. The Balaban J connectivity index is 1.58. The van der Waals surface area contributed by atoms with Crippen molar-refractivity contribution in [2.45, 2.75) is 30.9 Å². The summed E-state index contributed by atoms with van der Waals surface area (Å²) in [6.07, 6.45) is 2.84. The van der Waals surface area contributed by atoms with Gasteiger partial charge in [-0.1, -0.05) is 41.9 Å². The fourth-order valence-corrected chi connectivity index (χ4v) is 4.38. The maximum atomic E-state index is 13.1. The summed E-state index contributed by atoms with van der Waals surface area (Å²) in [6.45, 7) is 2.25. The fraction of sp³-hybridized carbons (Fsp3) is 0.455. The van der Waals surface area contributed by atoms with Crippen molar-refractivity contribution in [2.75, 3.05) is 31.2 Å². The van der Waals surface area contributed by atoms with E-state index in [1.807, 2.05) is 41.3 Å². The number of nitrogens with zero attached hydrogens (tertiary/aromatic N) is 2. The molecule has 154 valence electrons. The lowest BCUT2D eigenvalue weighted by Gasteiger charge is -2.47. The molecule has 1 aromatic carbocycles. The maximum absolute atomic E-state index is 13.1. The molecular formula is C22H26ClN3O3. The highest BCUT2D eigenvalue weighted by atomic mass is 35.5. The average molecular weight is 416 g/mol. The van der Waals surface area contributed by atoms with E-state index in [1.165, 1.54) is 0 Å². The Morgan fingerprint density at radius 3 is 2.62 bits per heavy atom. The number of β-amino-alcohol motifs (C(OH)–C–C–N with tert-alkyl or cyclic N) is 1. The smallest absolute Gasteiger partial charge is 0.224 e. The largest absolute Gasteiger partial charge is 0.388 e. The number of aliphatic hydroxyl groups excluding tert-OH is 1. The average Bonchev–Trinajstić information content (AvgIpc) is 2.77. The third-order valence-electron chi connectivity index (χ3n) is 6.00. The molecule has 2 aliphatic rings. The summed E-state index contributed by atoms with van der Waals surface area (Å²) in [6, 6.07) is 13.4. The van der Waals surface area contributed by atoms with E-state index in [1.54, 1.807) is 12.3 Å². The fourth-order valence-electron chi connectivity index (χ4n) is 4.27. The number of hydrogen-bond acceptors (Lipinski definition) is 5. The summed E-state index contributed by atoms with van der Waals surface area (Å²) in [5.41, 5.74) is 0.108. The second kappa shape index (κ2) is 8.69. The zero-order chi connectivity index (χ0) is 20.3. The second-order valence-corrected chi connectivity index (χ2v) is 8.20. The highest BCUT2D eigenvalue weighted by Crippen LogP contribution is 2.35. The van der Waals surface area contributed by atoms with Crippen molar-refractivity contribution in [1.82, 2.24) is 10.3 Å². The summed E-state index contributed by atoms with van der Waals surface area (Å²) in [5, 5.41) is 15.1. The molecule has 2 fully saturated rings. The number of carbonyl (C=O) groups is 1. The van der Waals surface area contributed by atoms with Crippen LogP contribution < -0.4 is 10.2 Å². The van der Waals surface area contributed by atoms with Gasteiger partial charge in [0, 0.05) is 38.4 Å². The number of amides is 1. The molecule has 1 amide bonds. The van der Waals surface area contributed by atoms with Crippen LogP contribution in [0.15, 0.2) is 48.7 Å². The van der Waals surface area contributed by atoms with Crippen LogP contribution in [-0.2, 0) is 15.1 Å². The quantitative estimate of drug-likeness (QED) is 0.803. The van der Waals surface area contributed by atoms with Gasteiger partial charge in [-0.05, 0) is 37.0 Å². The van der Waals surface area contributed by atoms with Gasteiger partial charge in [-0.25, -0.2) is 4.98 Å². The molecule has 3 heterocycles. The Hall–Kier alpha value is -2.15. The van der Waals surface area contributed by atoms with Crippen molar-refractivity contribution >= 4 is 23.3 Å². The predicted molar refractivity (Wildman–Crippen MR) is 112 cm³/mol. The topological polar surface area (TPSA) is 74.7 Å². The van der Waals surface area contributed by atoms with Crippen molar-refractivity contribution in [2.24, 2.45) is 5.92 Å². The van der Waals surface area contributed by atoms with Gasteiger partial charge in [0.15, 0.2) is 0 Å². The number of halogens is 1. The van der Waals surface area contributed by atoms with Crippen molar-refractivity contribution in [3.05, 3.63) is 59.2 Å². The molecule has 0 aliphatic carbocycles. The minimum absolute atomic E-state index is 0.00530. The molecule has 2 N–H and O–H groups in total. The van der Waals surface area contributed by atoms with Gasteiger partial charge in [0.25, 0.3) is 0 Å². The second-order valence-electron chi connectivity index (χ2n) is 7.76. The third-order valence-corrected chi connectivity index (χ3v) is 6.22. The van der Waals surface area contributed by atoms with E-state index in [0.29, 0.717) is 50.6 Å². The molecule has 0 unspecified atom stereocenters. The third kappa shape index (κ3) is 4.25. The summed E-state index contributed by atoms with van der Waals surface area (Å²) in [7, 11) is 0. The zero-order valence-corrected chi connectivity index (χ0v) is 17.0. The molecule has 0 bridgehead atoms. The molecule has 7 heteroatoms.